The average molecular weight is 250 g/mol. The molecule has 2 aliphatic carbocycles. The number of hydrogen-bond donors (Lipinski definition) is 1. The lowest BCUT2D eigenvalue weighted by atomic mass is 9.48. The van der Waals surface area contributed by atoms with Crippen molar-refractivity contribution in [1.29, 1.82) is 0 Å². The Kier molecular flexibility index (Phi) is 2.27. The zero-order chi connectivity index (χ0) is 12.5. The first-order chi connectivity index (χ1) is 8.52. The molecule has 2 heterocycles. The summed E-state index contributed by atoms with van der Waals surface area (Å²) in [5.74, 6) is 1.57. The van der Waals surface area contributed by atoms with Gasteiger partial charge in [-0.2, -0.15) is 0 Å². The molecule has 0 amide bonds. The minimum atomic E-state index is -0.0152. The Balaban J connectivity index is 1.53. The largest absolute Gasteiger partial charge is 0.377 e. The Morgan fingerprint density at radius 1 is 1.28 bits per heavy atom. The van der Waals surface area contributed by atoms with Crippen LogP contribution >= 0.6 is 0 Å². The van der Waals surface area contributed by atoms with E-state index in [4.69, 9.17) is 10.5 Å². The Bertz CT molecular complexity index is 370. The quantitative estimate of drug-likeness (QED) is 0.809. The fourth-order valence-corrected chi connectivity index (χ4v) is 5.35. The van der Waals surface area contributed by atoms with E-state index in [2.05, 4.69) is 18.7 Å². The maximum atomic E-state index is 6.86. The van der Waals surface area contributed by atoms with Gasteiger partial charge in [-0.25, -0.2) is 0 Å². The lowest BCUT2D eigenvalue weighted by Crippen LogP contribution is -2.78. The molecular weight excluding hydrogens is 224 g/mol. The van der Waals surface area contributed by atoms with Crippen LogP contribution in [0.15, 0.2) is 0 Å². The van der Waals surface area contributed by atoms with Crippen LogP contribution in [0, 0.1) is 17.3 Å². The summed E-state index contributed by atoms with van der Waals surface area (Å²) < 4.78 is 5.89. The van der Waals surface area contributed by atoms with E-state index in [9.17, 15) is 0 Å². The number of rotatable bonds is 2. The molecule has 5 atom stereocenters. The van der Waals surface area contributed by atoms with E-state index in [-0.39, 0.29) is 11.0 Å². The minimum Gasteiger partial charge on any atom is -0.377 e. The molecule has 3 heteroatoms. The van der Waals surface area contributed by atoms with E-state index < -0.39 is 0 Å². The number of likely N-dealkylation sites (tertiary alicyclic amines) is 1. The highest BCUT2D eigenvalue weighted by molar-refractivity contribution is 5.22. The second-order valence-electron chi connectivity index (χ2n) is 7.71. The van der Waals surface area contributed by atoms with E-state index in [1.165, 1.54) is 32.2 Å². The van der Waals surface area contributed by atoms with Crippen molar-refractivity contribution in [3.8, 4) is 0 Å². The molecule has 0 radical (unpaired) electrons. The molecule has 2 saturated carbocycles. The lowest BCUT2D eigenvalue weighted by molar-refractivity contribution is -0.164. The van der Waals surface area contributed by atoms with Crippen LogP contribution in [0.2, 0.25) is 0 Å². The molecule has 4 rings (SSSR count). The van der Waals surface area contributed by atoms with Crippen molar-refractivity contribution in [1.82, 2.24) is 4.90 Å². The molecule has 4 fully saturated rings. The van der Waals surface area contributed by atoms with Crippen molar-refractivity contribution in [2.45, 2.75) is 57.2 Å². The first kappa shape index (κ1) is 11.7. The molecule has 102 valence electrons. The highest BCUT2D eigenvalue weighted by Crippen LogP contribution is 2.59. The Labute approximate surface area is 110 Å². The summed E-state index contributed by atoms with van der Waals surface area (Å²) in [5, 5.41) is 0. The summed E-state index contributed by atoms with van der Waals surface area (Å²) in [5.41, 5.74) is 6.99. The Morgan fingerprint density at radius 3 is 2.78 bits per heavy atom. The van der Waals surface area contributed by atoms with Gasteiger partial charge in [0, 0.05) is 42.6 Å². The zero-order valence-corrected chi connectivity index (χ0v) is 11.7. The first-order valence-electron chi connectivity index (χ1n) is 7.67. The molecule has 5 unspecified atom stereocenters. The van der Waals surface area contributed by atoms with Gasteiger partial charge in [-0.05, 0) is 31.6 Å². The van der Waals surface area contributed by atoms with Gasteiger partial charge < -0.3 is 10.5 Å². The molecule has 4 aliphatic rings. The predicted molar refractivity (Wildman–Crippen MR) is 71.2 cm³/mol. The number of nitrogens with two attached hydrogens (primary N) is 1. The van der Waals surface area contributed by atoms with Gasteiger partial charge in [0.25, 0.3) is 0 Å². The second kappa shape index (κ2) is 3.50. The fourth-order valence-electron chi connectivity index (χ4n) is 5.35. The van der Waals surface area contributed by atoms with Gasteiger partial charge in [-0.3, -0.25) is 4.90 Å². The van der Waals surface area contributed by atoms with Gasteiger partial charge in [-0.15, -0.1) is 0 Å². The summed E-state index contributed by atoms with van der Waals surface area (Å²) in [4.78, 5) is 2.70. The van der Waals surface area contributed by atoms with Crippen LogP contribution in [0.1, 0.15) is 39.5 Å². The molecule has 0 aromatic rings. The number of fused-ring (bicyclic) bond motifs is 3. The van der Waals surface area contributed by atoms with Gasteiger partial charge in [0.15, 0.2) is 0 Å². The minimum absolute atomic E-state index is 0.0152. The van der Waals surface area contributed by atoms with Crippen molar-refractivity contribution >= 4 is 0 Å². The molecular formula is C15H26N2O. The van der Waals surface area contributed by atoms with E-state index in [0.717, 1.165) is 25.1 Å². The molecule has 0 aromatic carbocycles. The third-order valence-corrected chi connectivity index (χ3v) is 6.65. The van der Waals surface area contributed by atoms with Gasteiger partial charge in [0.05, 0.1) is 6.10 Å². The van der Waals surface area contributed by atoms with Crippen LogP contribution in [0.4, 0.5) is 0 Å². The van der Waals surface area contributed by atoms with Gasteiger partial charge in [0.2, 0.25) is 0 Å². The van der Waals surface area contributed by atoms with Gasteiger partial charge in [-0.1, -0.05) is 13.8 Å². The highest BCUT2D eigenvalue weighted by atomic mass is 16.5. The highest BCUT2D eigenvalue weighted by Gasteiger charge is 2.68. The van der Waals surface area contributed by atoms with Crippen LogP contribution in [0.5, 0.6) is 0 Å². The van der Waals surface area contributed by atoms with Gasteiger partial charge >= 0.3 is 0 Å². The summed E-state index contributed by atoms with van der Waals surface area (Å²) >= 11 is 0. The summed E-state index contributed by atoms with van der Waals surface area (Å²) in [6.07, 6.45) is 5.89. The van der Waals surface area contributed by atoms with E-state index >= 15 is 0 Å². The molecule has 2 N–H and O–H groups in total. The Hall–Kier alpha value is -0.120. The lowest BCUT2D eigenvalue weighted by Gasteiger charge is -2.63. The number of hydrogen-bond acceptors (Lipinski definition) is 3. The van der Waals surface area contributed by atoms with Crippen molar-refractivity contribution < 1.29 is 4.74 Å². The van der Waals surface area contributed by atoms with Crippen LogP contribution in [0.25, 0.3) is 0 Å². The predicted octanol–water partition coefficient (Wildman–Crippen LogP) is 1.61. The standard InChI is InChI=1S/C15H26N2O/c1-14(2)13-12(5-6-18-13)15(14,16)9-17-8-10-3-4-11(17)7-10/h10-13H,3-9,16H2,1-2H3. The van der Waals surface area contributed by atoms with Crippen molar-refractivity contribution in [2.24, 2.45) is 23.0 Å². The van der Waals surface area contributed by atoms with E-state index in [1.54, 1.807) is 0 Å². The fraction of sp³-hybridized carbons (Fsp3) is 1.00. The number of ether oxygens (including phenoxy) is 1. The number of piperidine rings is 1. The van der Waals surface area contributed by atoms with Crippen LogP contribution < -0.4 is 5.73 Å². The number of nitrogens with zero attached hydrogens (tertiary/aromatic N) is 1. The summed E-state index contributed by atoms with van der Waals surface area (Å²) in [7, 11) is 0. The zero-order valence-electron chi connectivity index (χ0n) is 11.7. The molecule has 0 aromatic heterocycles. The molecule has 3 nitrogen and oxygen atoms in total. The molecule has 2 bridgehead atoms. The Morgan fingerprint density at radius 2 is 2.11 bits per heavy atom. The normalized spacial score (nSPS) is 53.5. The second-order valence-corrected chi connectivity index (χ2v) is 7.71. The molecule has 2 saturated heterocycles. The molecule has 18 heavy (non-hydrogen) atoms. The van der Waals surface area contributed by atoms with Crippen LogP contribution in [0.3, 0.4) is 0 Å². The summed E-state index contributed by atoms with van der Waals surface area (Å²) in [6.45, 7) is 7.95. The first-order valence-corrected chi connectivity index (χ1v) is 7.67. The third-order valence-electron chi connectivity index (χ3n) is 6.65. The van der Waals surface area contributed by atoms with Crippen molar-refractivity contribution in [3.63, 3.8) is 0 Å². The monoisotopic (exact) mass is 250 g/mol. The average Bonchev–Trinajstić information content (AvgIpc) is 3.04. The van der Waals surface area contributed by atoms with Crippen LogP contribution in [-0.2, 0) is 4.74 Å². The third kappa shape index (κ3) is 1.26. The SMILES string of the molecule is CC1(C)C2OCCC2C1(N)CN1CC2CCC1C2. The van der Waals surface area contributed by atoms with Crippen molar-refractivity contribution in [2.75, 3.05) is 19.7 Å². The summed E-state index contributed by atoms with van der Waals surface area (Å²) in [6, 6.07) is 0.840. The van der Waals surface area contributed by atoms with E-state index in [0.29, 0.717) is 12.0 Å². The van der Waals surface area contributed by atoms with Crippen LogP contribution in [-0.4, -0.2) is 42.3 Å². The van der Waals surface area contributed by atoms with E-state index in [1.807, 2.05) is 0 Å². The smallest absolute Gasteiger partial charge is 0.0691 e. The van der Waals surface area contributed by atoms with Gasteiger partial charge in [0.1, 0.15) is 0 Å². The maximum Gasteiger partial charge on any atom is 0.0691 e. The maximum absolute atomic E-state index is 6.86. The topological polar surface area (TPSA) is 38.5 Å². The van der Waals surface area contributed by atoms with Crippen molar-refractivity contribution in [3.05, 3.63) is 0 Å². The molecule has 2 aliphatic heterocycles. The molecule has 0 spiro atoms.